The molecule has 1 fully saturated rings. The van der Waals surface area contributed by atoms with Gasteiger partial charge < -0.3 is 9.88 Å². The summed E-state index contributed by atoms with van der Waals surface area (Å²) >= 11 is 1.82. The van der Waals surface area contributed by atoms with E-state index in [-0.39, 0.29) is 0 Å². The molecule has 1 N–H and O–H groups in total. The maximum atomic E-state index is 4.16. The van der Waals surface area contributed by atoms with E-state index in [9.17, 15) is 0 Å². The number of thioether (sulfide) groups is 1. The van der Waals surface area contributed by atoms with Gasteiger partial charge in [0.25, 0.3) is 0 Å². The Bertz CT molecular complexity index is 331. The van der Waals surface area contributed by atoms with Crippen LogP contribution >= 0.6 is 11.8 Å². The van der Waals surface area contributed by atoms with Crippen molar-refractivity contribution in [1.82, 2.24) is 20.1 Å². The monoisotopic (exact) mass is 240 g/mol. The lowest BCUT2D eigenvalue weighted by Crippen LogP contribution is -2.29. The van der Waals surface area contributed by atoms with E-state index in [1.165, 1.54) is 32.4 Å². The van der Waals surface area contributed by atoms with E-state index in [0.29, 0.717) is 0 Å². The molecule has 5 heteroatoms. The zero-order valence-electron chi connectivity index (χ0n) is 10.1. The smallest absolute Gasteiger partial charge is 0.190 e. The Balaban J connectivity index is 1.73. The number of hydrogen-bond donors (Lipinski definition) is 1. The highest BCUT2D eigenvalue weighted by atomic mass is 32.2. The first-order valence-electron chi connectivity index (χ1n) is 5.97. The average molecular weight is 240 g/mol. The fourth-order valence-corrected chi connectivity index (χ4v) is 3.06. The third kappa shape index (κ3) is 2.98. The summed E-state index contributed by atoms with van der Waals surface area (Å²) in [6.07, 6.45) is 3.99. The van der Waals surface area contributed by atoms with Gasteiger partial charge in [0.15, 0.2) is 5.16 Å². The quantitative estimate of drug-likeness (QED) is 0.812. The molecule has 4 nitrogen and oxygen atoms in total. The van der Waals surface area contributed by atoms with Crippen LogP contribution in [0.2, 0.25) is 0 Å². The number of aromatic nitrogens is 3. The second-order valence-electron chi connectivity index (χ2n) is 4.44. The van der Waals surface area contributed by atoms with E-state index < -0.39 is 0 Å². The first-order valence-corrected chi connectivity index (χ1v) is 6.95. The van der Waals surface area contributed by atoms with E-state index >= 15 is 0 Å². The molecule has 0 aromatic carbocycles. The third-order valence-corrected chi connectivity index (χ3v) is 4.26. The van der Waals surface area contributed by atoms with Gasteiger partial charge in [-0.25, -0.2) is 0 Å². The van der Waals surface area contributed by atoms with Gasteiger partial charge in [-0.1, -0.05) is 11.8 Å². The zero-order chi connectivity index (χ0) is 11.4. The van der Waals surface area contributed by atoms with Gasteiger partial charge in [0.1, 0.15) is 5.82 Å². The third-order valence-electron chi connectivity index (χ3n) is 3.21. The normalized spacial score (nSPS) is 21.2. The maximum Gasteiger partial charge on any atom is 0.190 e. The lowest BCUT2D eigenvalue weighted by molar-refractivity contribution is 0.371. The zero-order valence-corrected chi connectivity index (χ0v) is 10.9. The van der Waals surface area contributed by atoms with Gasteiger partial charge in [-0.15, -0.1) is 10.2 Å². The van der Waals surface area contributed by atoms with Crippen molar-refractivity contribution in [2.45, 2.75) is 31.3 Å². The van der Waals surface area contributed by atoms with Crippen LogP contribution in [-0.2, 0) is 7.05 Å². The van der Waals surface area contributed by atoms with Crippen molar-refractivity contribution in [3.63, 3.8) is 0 Å². The van der Waals surface area contributed by atoms with Crippen LogP contribution in [0.3, 0.4) is 0 Å². The van der Waals surface area contributed by atoms with Crippen LogP contribution < -0.4 is 5.32 Å². The van der Waals surface area contributed by atoms with Crippen LogP contribution in [0.1, 0.15) is 25.1 Å². The molecule has 1 aromatic rings. The molecule has 1 aliphatic rings. The van der Waals surface area contributed by atoms with Gasteiger partial charge in [-0.2, -0.15) is 0 Å². The molecule has 0 bridgehead atoms. The summed E-state index contributed by atoms with van der Waals surface area (Å²) in [6, 6.07) is 0. The number of nitrogens with one attached hydrogen (secondary N) is 1. The van der Waals surface area contributed by atoms with E-state index in [4.69, 9.17) is 0 Å². The number of nitrogens with zero attached hydrogens (tertiary/aromatic N) is 3. The number of aryl methyl sites for hydroxylation is 1. The first kappa shape index (κ1) is 11.9. The molecular formula is C11H20N4S. The average Bonchev–Trinajstić information content (AvgIpc) is 2.62. The minimum Gasteiger partial charge on any atom is -0.316 e. The van der Waals surface area contributed by atoms with Crippen molar-refractivity contribution >= 4 is 11.8 Å². The summed E-state index contributed by atoms with van der Waals surface area (Å²) in [7, 11) is 2.03. The van der Waals surface area contributed by atoms with E-state index in [1.807, 2.05) is 25.7 Å². The lowest BCUT2D eigenvalue weighted by atomic mass is 9.97. The van der Waals surface area contributed by atoms with Crippen molar-refractivity contribution < 1.29 is 0 Å². The highest BCUT2D eigenvalue weighted by molar-refractivity contribution is 7.99. The maximum absolute atomic E-state index is 4.16. The topological polar surface area (TPSA) is 42.7 Å². The molecule has 1 saturated heterocycles. The van der Waals surface area contributed by atoms with Gasteiger partial charge in [-0.05, 0) is 45.2 Å². The minimum atomic E-state index is 0.857. The SMILES string of the molecule is Cc1nnc(SCCC2CCCNC2)n1C. The summed E-state index contributed by atoms with van der Waals surface area (Å²) < 4.78 is 2.06. The van der Waals surface area contributed by atoms with Crippen LogP contribution in [0.4, 0.5) is 0 Å². The van der Waals surface area contributed by atoms with Crippen LogP contribution in [0.5, 0.6) is 0 Å². The fourth-order valence-electron chi connectivity index (χ4n) is 2.00. The molecule has 0 spiro atoms. The predicted octanol–water partition coefficient (Wildman–Crippen LogP) is 1.61. The molecule has 0 amide bonds. The second kappa shape index (κ2) is 5.68. The molecule has 1 atom stereocenters. The standard InChI is InChI=1S/C11H20N4S/c1-9-13-14-11(15(9)2)16-7-5-10-4-3-6-12-8-10/h10,12H,3-8H2,1-2H3. The summed E-state index contributed by atoms with van der Waals surface area (Å²) in [5.41, 5.74) is 0. The Labute approximate surface area is 101 Å². The number of hydrogen-bond acceptors (Lipinski definition) is 4. The minimum absolute atomic E-state index is 0.857. The van der Waals surface area contributed by atoms with E-state index in [1.54, 1.807) is 0 Å². The van der Waals surface area contributed by atoms with Crippen molar-refractivity contribution in [2.24, 2.45) is 13.0 Å². The van der Waals surface area contributed by atoms with Gasteiger partial charge in [0, 0.05) is 12.8 Å². The summed E-state index contributed by atoms with van der Waals surface area (Å²) in [5, 5.41) is 12.7. The molecule has 0 saturated carbocycles. The molecule has 90 valence electrons. The molecule has 16 heavy (non-hydrogen) atoms. The van der Waals surface area contributed by atoms with E-state index in [2.05, 4.69) is 20.1 Å². The molecule has 2 heterocycles. The van der Waals surface area contributed by atoms with Crippen LogP contribution in [0.25, 0.3) is 0 Å². The molecule has 2 rings (SSSR count). The highest BCUT2D eigenvalue weighted by Crippen LogP contribution is 2.21. The molecule has 1 aliphatic heterocycles. The van der Waals surface area contributed by atoms with Gasteiger partial charge >= 0.3 is 0 Å². The van der Waals surface area contributed by atoms with Crippen LogP contribution in [0, 0.1) is 12.8 Å². The largest absolute Gasteiger partial charge is 0.316 e. The fraction of sp³-hybridized carbons (Fsp3) is 0.818. The molecule has 0 radical (unpaired) electrons. The van der Waals surface area contributed by atoms with Gasteiger partial charge in [-0.3, -0.25) is 0 Å². The Kier molecular flexibility index (Phi) is 4.23. The number of piperidine rings is 1. The summed E-state index contributed by atoms with van der Waals surface area (Å²) in [5.74, 6) is 3.00. The highest BCUT2D eigenvalue weighted by Gasteiger charge is 2.13. The van der Waals surface area contributed by atoms with E-state index in [0.717, 1.165) is 22.7 Å². The second-order valence-corrected chi connectivity index (χ2v) is 5.50. The predicted molar refractivity (Wildman–Crippen MR) is 66.7 cm³/mol. The Morgan fingerprint density at radius 3 is 3.00 bits per heavy atom. The van der Waals surface area contributed by atoms with Crippen molar-refractivity contribution in [1.29, 1.82) is 0 Å². The van der Waals surface area contributed by atoms with Gasteiger partial charge in [0.2, 0.25) is 0 Å². The Morgan fingerprint density at radius 2 is 2.38 bits per heavy atom. The molecular weight excluding hydrogens is 220 g/mol. The van der Waals surface area contributed by atoms with Crippen molar-refractivity contribution in [3.05, 3.63) is 5.82 Å². The van der Waals surface area contributed by atoms with Gasteiger partial charge in [0.05, 0.1) is 0 Å². The molecule has 1 aromatic heterocycles. The van der Waals surface area contributed by atoms with Crippen molar-refractivity contribution in [2.75, 3.05) is 18.8 Å². The van der Waals surface area contributed by atoms with Crippen LogP contribution in [-0.4, -0.2) is 33.6 Å². The number of rotatable bonds is 4. The van der Waals surface area contributed by atoms with Crippen LogP contribution in [0.15, 0.2) is 5.16 Å². The lowest BCUT2D eigenvalue weighted by Gasteiger charge is -2.22. The Morgan fingerprint density at radius 1 is 1.50 bits per heavy atom. The summed E-state index contributed by atoms with van der Waals surface area (Å²) in [4.78, 5) is 0. The molecule has 0 aliphatic carbocycles. The van der Waals surface area contributed by atoms with Crippen molar-refractivity contribution in [3.8, 4) is 0 Å². The molecule has 1 unspecified atom stereocenters. The first-order chi connectivity index (χ1) is 7.77. The summed E-state index contributed by atoms with van der Waals surface area (Å²) in [6.45, 7) is 4.38. The Hall–Kier alpha value is -0.550.